The van der Waals surface area contributed by atoms with Crippen molar-refractivity contribution in [2.24, 2.45) is 0 Å². The van der Waals surface area contributed by atoms with Gasteiger partial charge in [0, 0.05) is 12.8 Å². The summed E-state index contributed by atoms with van der Waals surface area (Å²) < 4.78 is 4.95. The fourth-order valence-electron chi connectivity index (χ4n) is 1.18. The summed E-state index contributed by atoms with van der Waals surface area (Å²) in [6.45, 7) is 3.70. The lowest BCUT2D eigenvalue weighted by atomic mass is 10.2. The Balaban J connectivity index is -0.000000350. The number of rotatable bonds is 12. The van der Waals surface area contributed by atoms with Gasteiger partial charge in [-0.3, -0.25) is 9.59 Å². The molecule has 172 valence electrons. The maximum Gasteiger partial charge on any atom is 0.335 e. The van der Waals surface area contributed by atoms with Gasteiger partial charge in [-0.1, -0.05) is 0 Å². The lowest BCUT2D eigenvalue weighted by Gasteiger charge is -2.10. The Hall–Kier alpha value is -2.32. The molecule has 0 saturated heterocycles. The summed E-state index contributed by atoms with van der Waals surface area (Å²) in [7, 11) is 0. The van der Waals surface area contributed by atoms with Gasteiger partial charge < -0.3 is 45.6 Å². The van der Waals surface area contributed by atoms with Crippen molar-refractivity contribution in [2.75, 3.05) is 13.2 Å². The van der Waals surface area contributed by atoms with Gasteiger partial charge in [0.2, 0.25) is 0 Å². The van der Waals surface area contributed by atoms with Gasteiger partial charge >= 0.3 is 23.9 Å². The Morgan fingerprint density at radius 1 is 0.759 bits per heavy atom. The number of carboxylic acid groups (broad SMARTS) is 4. The number of ether oxygens (including phenoxy) is 1. The molecule has 4 atom stereocenters. The molecule has 0 aromatic rings. The van der Waals surface area contributed by atoms with Gasteiger partial charge in [-0.05, 0) is 26.7 Å². The van der Waals surface area contributed by atoms with E-state index in [2.05, 4.69) is 0 Å². The molecule has 0 bridgehead atoms. The summed E-state index contributed by atoms with van der Waals surface area (Å²) in [6, 6.07) is 0. The Kier molecular flexibility index (Phi) is 20.6. The Morgan fingerprint density at radius 3 is 1.31 bits per heavy atom. The first kappa shape index (κ1) is 31.4. The lowest BCUT2D eigenvalue weighted by molar-refractivity contribution is -0.165. The summed E-state index contributed by atoms with van der Waals surface area (Å²) in [5.41, 5.74) is 0. The van der Waals surface area contributed by atoms with Gasteiger partial charge in [-0.15, -0.1) is 0 Å². The van der Waals surface area contributed by atoms with Crippen LogP contribution in [0.3, 0.4) is 0 Å². The predicted octanol–water partition coefficient (Wildman–Crippen LogP) is -1.64. The Labute approximate surface area is 166 Å². The number of aliphatic hydroxyl groups excluding tert-OH is 4. The second-order valence-electron chi connectivity index (χ2n) is 5.74. The first-order valence-corrected chi connectivity index (χ1v) is 8.42. The van der Waals surface area contributed by atoms with E-state index in [1.165, 1.54) is 0 Å². The molecule has 8 N–H and O–H groups in total. The van der Waals surface area contributed by atoms with E-state index < -0.39 is 42.2 Å². The van der Waals surface area contributed by atoms with Crippen LogP contribution < -0.4 is 0 Å². The van der Waals surface area contributed by atoms with E-state index in [1.54, 1.807) is 13.8 Å². The molecule has 0 fully saturated rings. The van der Waals surface area contributed by atoms with E-state index in [4.69, 9.17) is 45.6 Å². The van der Waals surface area contributed by atoms with Crippen LogP contribution in [0.15, 0.2) is 0 Å². The maximum atomic E-state index is 9.90. The molecule has 4 unspecified atom stereocenters. The molecule has 0 amide bonds. The average Bonchev–Trinajstić information content (AvgIpc) is 2.62. The minimum absolute atomic E-state index is 0.00667. The zero-order chi connectivity index (χ0) is 23.6. The molecule has 0 spiro atoms. The molecule has 13 heteroatoms. The van der Waals surface area contributed by atoms with E-state index >= 15 is 0 Å². The van der Waals surface area contributed by atoms with Crippen LogP contribution in [0.2, 0.25) is 0 Å². The van der Waals surface area contributed by atoms with Gasteiger partial charge in [0.05, 0.1) is 25.4 Å². The van der Waals surface area contributed by atoms with E-state index in [-0.39, 0.29) is 25.6 Å². The number of carbonyl (C=O) groups is 4. The molecular weight excluding hydrogens is 400 g/mol. The third-order valence-corrected chi connectivity index (χ3v) is 2.72. The molecule has 0 aromatic heterocycles. The molecule has 0 heterocycles. The SMILES string of the molecule is CC(O)COC(C)CO.O=C(O)C(O)C(O)C(=O)O.O=C(O)CCCCC(=O)O. The van der Waals surface area contributed by atoms with Crippen molar-refractivity contribution in [1.82, 2.24) is 0 Å². The molecule has 0 aliphatic rings. The topological polar surface area (TPSA) is 239 Å². The van der Waals surface area contributed by atoms with Gasteiger partial charge in [-0.25, -0.2) is 9.59 Å². The van der Waals surface area contributed by atoms with Crippen molar-refractivity contribution in [3.8, 4) is 0 Å². The normalized spacial score (nSPS) is 14.0. The standard InChI is InChI=1S/C6H10O4.C6H14O3.C4H6O6/c7-5(8)3-1-2-4-6(9)10;1-5(8)4-9-6(2)3-7;5-1(3(7)8)2(6)4(9)10/h1-4H2,(H,7,8)(H,9,10);5-8H,3-4H2,1-2H3;1-2,5-6H,(H,7,8)(H,9,10). The molecular formula is C16H30O13. The largest absolute Gasteiger partial charge is 0.481 e. The molecule has 0 saturated carbocycles. The van der Waals surface area contributed by atoms with Crippen LogP contribution in [0.4, 0.5) is 0 Å². The number of carboxylic acids is 4. The van der Waals surface area contributed by atoms with Gasteiger partial charge in [0.1, 0.15) is 0 Å². The molecule has 29 heavy (non-hydrogen) atoms. The first-order valence-electron chi connectivity index (χ1n) is 8.42. The number of aliphatic hydroxyl groups is 4. The molecule has 0 aliphatic heterocycles. The van der Waals surface area contributed by atoms with Crippen molar-refractivity contribution in [1.29, 1.82) is 0 Å². The van der Waals surface area contributed by atoms with Gasteiger partial charge in [0.25, 0.3) is 0 Å². The molecule has 0 aliphatic carbocycles. The fraction of sp³-hybridized carbons (Fsp3) is 0.750. The van der Waals surface area contributed by atoms with E-state index in [0.717, 1.165) is 0 Å². The maximum absolute atomic E-state index is 9.90. The van der Waals surface area contributed by atoms with E-state index in [0.29, 0.717) is 19.4 Å². The zero-order valence-corrected chi connectivity index (χ0v) is 16.2. The van der Waals surface area contributed by atoms with Crippen LogP contribution in [-0.2, 0) is 23.9 Å². The Bertz CT molecular complexity index is 443. The summed E-state index contributed by atoms with van der Waals surface area (Å²) in [4.78, 5) is 39.3. The smallest absolute Gasteiger partial charge is 0.335 e. The number of aliphatic carboxylic acids is 4. The van der Waals surface area contributed by atoms with Crippen molar-refractivity contribution >= 4 is 23.9 Å². The number of unbranched alkanes of at least 4 members (excludes halogenated alkanes) is 1. The molecule has 0 rings (SSSR count). The Morgan fingerprint density at radius 2 is 1.10 bits per heavy atom. The van der Waals surface area contributed by atoms with Crippen molar-refractivity contribution in [3.63, 3.8) is 0 Å². The highest BCUT2D eigenvalue weighted by Gasteiger charge is 2.29. The minimum Gasteiger partial charge on any atom is -0.481 e. The van der Waals surface area contributed by atoms with Crippen molar-refractivity contribution < 1.29 is 64.8 Å². The fourth-order valence-corrected chi connectivity index (χ4v) is 1.18. The number of hydrogen-bond acceptors (Lipinski definition) is 9. The molecule has 13 nitrogen and oxygen atoms in total. The van der Waals surface area contributed by atoms with Gasteiger partial charge in [0.15, 0.2) is 12.2 Å². The second-order valence-corrected chi connectivity index (χ2v) is 5.74. The van der Waals surface area contributed by atoms with Crippen LogP contribution >= 0.6 is 0 Å². The van der Waals surface area contributed by atoms with Crippen LogP contribution in [0.25, 0.3) is 0 Å². The highest BCUT2D eigenvalue weighted by atomic mass is 16.5. The van der Waals surface area contributed by atoms with Crippen LogP contribution in [0.5, 0.6) is 0 Å². The summed E-state index contributed by atoms with van der Waals surface area (Å²) in [5.74, 6) is -5.28. The summed E-state index contributed by atoms with van der Waals surface area (Å²) in [5, 5.41) is 65.9. The monoisotopic (exact) mass is 430 g/mol. The average molecular weight is 430 g/mol. The third kappa shape index (κ3) is 25.7. The van der Waals surface area contributed by atoms with Crippen molar-refractivity contribution in [3.05, 3.63) is 0 Å². The lowest BCUT2D eigenvalue weighted by Crippen LogP contribution is -2.39. The van der Waals surface area contributed by atoms with Crippen LogP contribution in [0.1, 0.15) is 39.5 Å². The number of hydrogen-bond donors (Lipinski definition) is 8. The van der Waals surface area contributed by atoms with Crippen LogP contribution in [0, 0.1) is 0 Å². The highest BCUT2D eigenvalue weighted by Crippen LogP contribution is 1.98. The van der Waals surface area contributed by atoms with Gasteiger partial charge in [-0.2, -0.15) is 0 Å². The minimum atomic E-state index is -2.27. The quantitative estimate of drug-likeness (QED) is 0.162. The summed E-state index contributed by atoms with van der Waals surface area (Å²) in [6.07, 6.45) is -4.13. The first-order chi connectivity index (χ1) is 13.3. The predicted molar refractivity (Wildman–Crippen MR) is 95.2 cm³/mol. The van der Waals surface area contributed by atoms with E-state index in [9.17, 15) is 19.2 Å². The molecule has 0 radical (unpaired) electrons. The zero-order valence-electron chi connectivity index (χ0n) is 16.2. The highest BCUT2D eigenvalue weighted by molar-refractivity contribution is 5.83. The second kappa shape index (κ2) is 19.0. The van der Waals surface area contributed by atoms with Crippen LogP contribution in [-0.4, -0.2) is 102 Å². The van der Waals surface area contributed by atoms with E-state index in [1.807, 2.05) is 0 Å². The third-order valence-electron chi connectivity index (χ3n) is 2.72. The molecule has 0 aromatic carbocycles. The summed E-state index contributed by atoms with van der Waals surface area (Å²) >= 11 is 0. The van der Waals surface area contributed by atoms with Crippen molar-refractivity contribution in [2.45, 2.75) is 63.9 Å².